The number of ether oxygens (including phenoxy) is 7. The summed E-state index contributed by atoms with van der Waals surface area (Å²) in [6, 6.07) is 32.4. The van der Waals surface area contributed by atoms with Crippen molar-refractivity contribution in [2.45, 2.75) is 88.4 Å². The number of nitrogens with zero attached hydrogens (tertiary/aromatic N) is 2. The molecule has 10 rings (SSSR count). The molecule has 440 valence electrons. The Hall–Kier alpha value is -9.78. The largest absolute Gasteiger partial charge is 0.493 e. The molecule has 0 spiro atoms. The fourth-order valence-electron chi connectivity index (χ4n) is 11.3. The number of hydrogen-bond acceptors (Lipinski definition) is 15. The van der Waals surface area contributed by atoms with Crippen molar-refractivity contribution in [1.29, 1.82) is 0 Å². The van der Waals surface area contributed by atoms with E-state index < -0.39 is 47.0 Å². The minimum atomic E-state index is -1.42. The van der Waals surface area contributed by atoms with Crippen LogP contribution < -0.4 is 64.8 Å². The number of nitrogens with one attached hydrogen (secondary N) is 2. The number of fused-ring (bicyclic) bond motifs is 2. The maximum absolute atomic E-state index is 15.4. The van der Waals surface area contributed by atoms with Gasteiger partial charge in [-0.05, 0) is 134 Å². The van der Waals surface area contributed by atoms with Crippen molar-refractivity contribution in [3.63, 3.8) is 0 Å². The molecule has 6 aromatic carbocycles. The van der Waals surface area contributed by atoms with Gasteiger partial charge in [-0.25, -0.2) is 9.59 Å². The minimum absolute atomic E-state index is 0.182. The normalized spacial score (nSPS) is 14.3. The molecule has 2 fully saturated rings. The van der Waals surface area contributed by atoms with Gasteiger partial charge in [0.2, 0.25) is 23.3 Å². The number of anilines is 2. The van der Waals surface area contributed by atoms with Crippen LogP contribution in [0.25, 0.3) is 21.9 Å². The SMILES string of the molecule is COc1cc(C(C(=O)NC2CCCCC2)N(C(=O)c2cc3ccccc3oc2=O)c2ccc(Oc3ccc(N(C(=O)c4cc5ccccc5oc4=O)C(C(=O)NC4CCCCC4)c4cc(OC)c(OC)c(OC)c4)cc3)cc2)cc(OC)c1OC. The van der Waals surface area contributed by atoms with Crippen LogP contribution >= 0.6 is 0 Å². The summed E-state index contributed by atoms with van der Waals surface area (Å²) in [6.45, 7) is 0. The predicted molar refractivity (Wildman–Crippen MR) is 319 cm³/mol. The van der Waals surface area contributed by atoms with Crippen LogP contribution in [0.5, 0.6) is 46.0 Å². The second-order valence-electron chi connectivity index (χ2n) is 20.8. The van der Waals surface area contributed by atoms with Gasteiger partial charge in [-0.2, -0.15) is 0 Å². The maximum Gasteiger partial charge on any atom is 0.349 e. The standard InChI is InChI=1S/C66H66N4O15/c1-77-53-35-41(36-54(78-2)59(53)81-5)57(61(71)67-43-19-9-7-10-20-43)69(63(73)49-33-39-17-13-15-23-51(39)84-65(49)75)45-25-29-47(30-26-45)83-48-31-27-46(28-32-48)70(64(74)50-34-40-18-14-16-24-52(40)85-66(50)76)58(62(72)68-44-21-11-8-12-22-44)42-37-55(79-3)60(82-6)56(38-42)80-4/h13-18,23-38,43-44,57-58H,7-12,19-22H2,1-6H3,(H,67,71)(H,68,72). The molecule has 0 saturated heterocycles. The Balaban J connectivity index is 1.05. The van der Waals surface area contributed by atoms with Crippen molar-refractivity contribution in [3.05, 3.63) is 177 Å². The van der Waals surface area contributed by atoms with Crippen molar-refractivity contribution in [2.75, 3.05) is 52.5 Å². The van der Waals surface area contributed by atoms with Gasteiger partial charge in [0.05, 0.1) is 42.7 Å². The average molecular weight is 1160 g/mol. The molecule has 2 aromatic heterocycles. The lowest BCUT2D eigenvalue weighted by molar-refractivity contribution is -0.124. The van der Waals surface area contributed by atoms with Crippen LogP contribution in [0.15, 0.2) is 152 Å². The highest BCUT2D eigenvalue weighted by Crippen LogP contribution is 2.45. The maximum atomic E-state index is 15.4. The van der Waals surface area contributed by atoms with Crippen molar-refractivity contribution < 1.29 is 61.2 Å². The minimum Gasteiger partial charge on any atom is -0.493 e. The quantitative estimate of drug-likeness (QED) is 0.0677. The van der Waals surface area contributed by atoms with Crippen molar-refractivity contribution in [3.8, 4) is 46.0 Å². The van der Waals surface area contributed by atoms with Crippen LogP contribution in [-0.2, 0) is 9.59 Å². The molecule has 2 atom stereocenters. The molecule has 0 radical (unpaired) electrons. The summed E-state index contributed by atoms with van der Waals surface area (Å²) in [7, 11) is 8.70. The highest BCUT2D eigenvalue weighted by atomic mass is 16.5. The van der Waals surface area contributed by atoms with E-state index in [1.165, 1.54) is 64.6 Å². The van der Waals surface area contributed by atoms with Crippen LogP contribution in [0.1, 0.15) is 108 Å². The van der Waals surface area contributed by atoms with Crippen LogP contribution in [0.2, 0.25) is 0 Å². The number of para-hydroxylation sites is 2. The predicted octanol–water partition coefficient (Wildman–Crippen LogP) is 11.4. The lowest BCUT2D eigenvalue weighted by atomic mass is 9.94. The molecule has 4 amide bonds. The molecule has 2 aliphatic carbocycles. The Morgan fingerprint density at radius 1 is 0.447 bits per heavy atom. The topological polar surface area (TPSA) is 224 Å². The lowest BCUT2D eigenvalue weighted by Crippen LogP contribution is -2.48. The fourth-order valence-corrected chi connectivity index (χ4v) is 11.3. The van der Waals surface area contributed by atoms with Gasteiger partial charge in [-0.3, -0.25) is 29.0 Å². The summed E-state index contributed by atoms with van der Waals surface area (Å²) < 4.78 is 52.1. The van der Waals surface area contributed by atoms with Crippen molar-refractivity contribution in [1.82, 2.24) is 10.6 Å². The number of benzene rings is 6. The van der Waals surface area contributed by atoms with Crippen LogP contribution in [0, 0.1) is 0 Å². The van der Waals surface area contributed by atoms with Crippen molar-refractivity contribution >= 4 is 56.9 Å². The van der Waals surface area contributed by atoms with Gasteiger partial charge in [0.15, 0.2) is 23.0 Å². The van der Waals surface area contributed by atoms with Gasteiger partial charge in [0.1, 0.15) is 45.9 Å². The number of amides is 4. The zero-order valence-electron chi connectivity index (χ0n) is 48.1. The van der Waals surface area contributed by atoms with E-state index in [0.717, 1.165) is 64.2 Å². The Labute approximate surface area is 490 Å². The zero-order chi connectivity index (χ0) is 59.7. The first-order chi connectivity index (χ1) is 41.3. The van der Waals surface area contributed by atoms with E-state index in [-0.39, 0.29) is 103 Å². The number of carbonyl (C=O) groups excluding carboxylic acids is 4. The molecule has 0 aliphatic heterocycles. The first kappa shape index (κ1) is 58.4. The molecule has 19 nitrogen and oxygen atoms in total. The lowest BCUT2D eigenvalue weighted by Gasteiger charge is -2.34. The molecule has 8 aromatic rings. The molecule has 19 heteroatoms. The number of carbonyl (C=O) groups is 4. The first-order valence-corrected chi connectivity index (χ1v) is 28.2. The third-order valence-electron chi connectivity index (χ3n) is 15.6. The van der Waals surface area contributed by atoms with Gasteiger partial charge < -0.3 is 52.6 Å². The second kappa shape index (κ2) is 26.2. The molecular weight excluding hydrogens is 1090 g/mol. The number of hydrogen-bond donors (Lipinski definition) is 2. The molecule has 2 saturated carbocycles. The summed E-state index contributed by atoms with van der Waals surface area (Å²) in [6.07, 6.45) is 8.68. The van der Waals surface area contributed by atoms with E-state index in [1.807, 2.05) is 0 Å². The highest BCUT2D eigenvalue weighted by Gasteiger charge is 2.40. The monoisotopic (exact) mass is 1150 g/mol. The molecule has 0 bridgehead atoms. The zero-order valence-corrected chi connectivity index (χ0v) is 48.1. The molecule has 2 unspecified atom stereocenters. The van der Waals surface area contributed by atoms with Gasteiger partial charge in [0.25, 0.3) is 11.8 Å². The van der Waals surface area contributed by atoms with Gasteiger partial charge in [-0.1, -0.05) is 74.9 Å². The number of rotatable bonds is 20. The summed E-state index contributed by atoms with van der Waals surface area (Å²) in [5.41, 5.74) is -0.935. The van der Waals surface area contributed by atoms with E-state index >= 15 is 19.2 Å². The second-order valence-corrected chi connectivity index (χ2v) is 20.8. The highest BCUT2D eigenvalue weighted by molar-refractivity contribution is 6.12. The Kier molecular flexibility index (Phi) is 18.0. The van der Waals surface area contributed by atoms with Gasteiger partial charge in [0, 0.05) is 34.2 Å². The van der Waals surface area contributed by atoms with Gasteiger partial charge in [-0.15, -0.1) is 0 Å². The van der Waals surface area contributed by atoms with Crippen LogP contribution in [0.3, 0.4) is 0 Å². The van der Waals surface area contributed by atoms with Crippen LogP contribution in [-0.4, -0.2) is 78.4 Å². The Morgan fingerprint density at radius 2 is 0.788 bits per heavy atom. The summed E-state index contributed by atoms with van der Waals surface area (Å²) in [4.78, 5) is 91.2. The summed E-state index contributed by atoms with van der Waals surface area (Å²) in [5.74, 6) is -0.701. The molecule has 2 aliphatic rings. The third-order valence-corrected chi connectivity index (χ3v) is 15.6. The summed E-state index contributed by atoms with van der Waals surface area (Å²) >= 11 is 0. The molecule has 2 N–H and O–H groups in total. The molecule has 85 heavy (non-hydrogen) atoms. The Morgan fingerprint density at radius 3 is 1.12 bits per heavy atom. The molecular formula is C66H66N4O15. The average Bonchev–Trinajstić information content (AvgIpc) is 3.73. The third kappa shape index (κ3) is 12.5. The van der Waals surface area contributed by atoms with E-state index in [0.29, 0.717) is 10.8 Å². The van der Waals surface area contributed by atoms with E-state index in [1.54, 1.807) is 121 Å². The Bertz CT molecular complexity index is 3570. The van der Waals surface area contributed by atoms with E-state index in [4.69, 9.17) is 42.0 Å². The molecule has 2 heterocycles. The van der Waals surface area contributed by atoms with Crippen molar-refractivity contribution in [2.24, 2.45) is 0 Å². The van der Waals surface area contributed by atoms with Gasteiger partial charge >= 0.3 is 11.3 Å². The van der Waals surface area contributed by atoms with E-state index in [9.17, 15) is 9.59 Å². The number of methoxy groups -OCH3 is 6. The fraction of sp³-hybridized carbons (Fsp3) is 0.303. The van der Waals surface area contributed by atoms with Crippen LogP contribution in [0.4, 0.5) is 11.4 Å². The van der Waals surface area contributed by atoms with E-state index in [2.05, 4.69) is 10.6 Å². The summed E-state index contributed by atoms with van der Waals surface area (Å²) in [5, 5.41) is 7.39. The first-order valence-electron chi connectivity index (χ1n) is 28.2. The smallest absolute Gasteiger partial charge is 0.349 e.